The fourth-order valence-corrected chi connectivity index (χ4v) is 2.09. The van der Waals surface area contributed by atoms with E-state index in [-0.39, 0.29) is 5.56 Å². The first-order valence-corrected chi connectivity index (χ1v) is 6.10. The molecule has 19 heavy (non-hydrogen) atoms. The van der Waals surface area contributed by atoms with E-state index < -0.39 is 17.7 Å². The topological polar surface area (TPSA) is 55.9 Å². The van der Waals surface area contributed by atoms with Crippen molar-refractivity contribution in [3.8, 4) is 0 Å². The van der Waals surface area contributed by atoms with E-state index in [1.807, 2.05) is 6.92 Å². The van der Waals surface area contributed by atoms with Gasteiger partial charge in [-0.25, -0.2) is 14.2 Å². The van der Waals surface area contributed by atoms with Crippen molar-refractivity contribution in [3.63, 3.8) is 0 Å². The first-order valence-electron chi connectivity index (χ1n) is 6.10. The number of halogens is 2. The van der Waals surface area contributed by atoms with Gasteiger partial charge in [-0.2, -0.15) is 5.10 Å². The van der Waals surface area contributed by atoms with Gasteiger partial charge in [-0.3, -0.25) is 10.5 Å². The molecule has 0 aliphatic carbocycles. The number of nitrogens with zero attached hydrogens (tertiary/aromatic N) is 2. The van der Waals surface area contributed by atoms with Crippen molar-refractivity contribution in [1.29, 1.82) is 0 Å². The van der Waals surface area contributed by atoms with Gasteiger partial charge in [0, 0.05) is 18.3 Å². The van der Waals surface area contributed by atoms with Gasteiger partial charge in [-0.15, -0.1) is 0 Å². The standard InChI is InChI=1S/C13H16F2N4/c1-2-8-19-11(6-7-17-19)13(18-16)12-9(14)4-3-5-10(12)15/h3-7,13,18H,2,8,16H2,1H3. The Kier molecular flexibility index (Phi) is 4.24. The van der Waals surface area contributed by atoms with Gasteiger partial charge in [0.25, 0.3) is 0 Å². The number of benzene rings is 1. The van der Waals surface area contributed by atoms with Crippen molar-refractivity contribution in [2.45, 2.75) is 25.9 Å². The molecule has 0 aliphatic rings. The highest BCUT2D eigenvalue weighted by atomic mass is 19.1. The van der Waals surface area contributed by atoms with Crippen LogP contribution in [0.25, 0.3) is 0 Å². The van der Waals surface area contributed by atoms with Crippen LogP contribution in [0.15, 0.2) is 30.5 Å². The number of aryl methyl sites for hydroxylation is 1. The van der Waals surface area contributed by atoms with E-state index >= 15 is 0 Å². The Hall–Kier alpha value is -1.79. The molecule has 1 unspecified atom stereocenters. The molecule has 102 valence electrons. The molecule has 2 rings (SSSR count). The van der Waals surface area contributed by atoms with Gasteiger partial charge >= 0.3 is 0 Å². The Balaban J connectivity index is 2.47. The molecular weight excluding hydrogens is 250 g/mol. The molecule has 0 spiro atoms. The van der Waals surface area contributed by atoms with Crippen LogP contribution in [0.1, 0.15) is 30.6 Å². The van der Waals surface area contributed by atoms with Crippen LogP contribution in [0.5, 0.6) is 0 Å². The molecule has 1 heterocycles. The molecule has 2 aromatic rings. The van der Waals surface area contributed by atoms with Gasteiger partial charge < -0.3 is 0 Å². The minimum atomic E-state index is -0.768. The van der Waals surface area contributed by atoms with Crippen LogP contribution in [-0.4, -0.2) is 9.78 Å². The van der Waals surface area contributed by atoms with Crippen LogP contribution in [0.4, 0.5) is 8.78 Å². The monoisotopic (exact) mass is 266 g/mol. The van der Waals surface area contributed by atoms with Crippen LogP contribution >= 0.6 is 0 Å². The Labute approximate surface area is 110 Å². The van der Waals surface area contributed by atoms with Gasteiger partial charge in [-0.05, 0) is 24.6 Å². The quantitative estimate of drug-likeness (QED) is 0.644. The van der Waals surface area contributed by atoms with Gasteiger partial charge in [0.15, 0.2) is 0 Å². The maximum atomic E-state index is 13.8. The normalized spacial score (nSPS) is 12.6. The van der Waals surface area contributed by atoms with E-state index in [2.05, 4.69) is 10.5 Å². The van der Waals surface area contributed by atoms with Crippen molar-refractivity contribution < 1.29 is 8.78 Å². The van der Waals surface area contributed by atoms with Crippen LogP contribution in [0.2, 0.25) is 0 Å². The zero-order valence-corrected chi connectivity index (χ0v) is 10.6. The van der Waals surface area contributed by atoms with Gasteiger partial charge in [0.2, 0.25) is 0 Å². The van der Waals surface area contributed by atoms with E-state index in [0.29, 0.717) is 12.2 Å². The summed E-state index contributed by atoms with van der Waals surface area (Å²) in [6.07, 6.45) is 2.46. The molecule has 0 radical (unpaired) electrons. The highest BCUT2D eigenvalue weighted by Gasteiger charge is 2.23. The summed E-state index contributed by atoms with van der Waals surface area (Å²) in [5, 5.41) is 4.14. The Morgan fingerprint density at radius 1 is 1.32 bits per heavy atom. The zero-order chi connectivity index (χ0) is 13.8. The predicted octanol–water partition coefficient (Wildman–Crippen LogP) is 2.12. The molecule has 0 bridgehead atoms. The van der Waals surface area contributed by atoms with Crippen molar-refractivity contribution in [2.75, 3.05) is 0 Å². The molecule has 1 aromatic carbocycles. The summed E-state index contributed by atoms with van der Waals surface area (Å²) >= 11 is 0. The van der Waals surface area contributed by atoms with Crippen molar-refractivity contribution >= 4 is 0 Å². The second-order valence-corrected chi connectivity index (χ2v) is 4.21. The molecule has 0 amide bonds. The first kappa shape index (κ1) is 13.6. The smallest absolute Gasteiger partial charge is 0.131 e. The number of aromatic nitrogens is 2. The van der Waals surface area contributed by atoms with Crippen LogP contribution in [0, 0.1) is 11.6 Å². The lowest BCUT2D eigenvalue weighted by atomic mass is 10.0. The highest BCUT2D eigenvalue weighted by Crippen LogP contribution is 2.26. The fourth-order valence-electron chi connectivity index (χ4n) is 2.09. The second-order valence-electron chi connectivity index (χ2n) is 4.21. The number of hydrogen-bond acceptors (Lipinski definition) is 3. The maximum absolute atomic E-state index is 13.8. The van der Waals surface area contributed by atoms with E-state index in [9.17, 15) is 8.78 Å². The molecule has 6 heteroatoms. The number of rotatable bonds is 5. The fraction of sp³-hybridized carbons (Fsp3) is 0.308. The first-order chi connectivity index (χ1) is 9.19. The summed E-state index contributed by atoms with van der Waals surface area (Å²) in [5.74, 6) is 4.21. The minimum absolute atomic E-state index is 0.0946. The van der Waals surface area contributed by atoms with Crippen molar-refractivity contribution in [3.05, 3.63) is 53.4 Å². The molecule has 1 atom stereocenters. The van der Waals surface area contributed by atoms with Crippen molar-refractivity contribution in [2.24, 2.45) is 5.84 Å². The lowest BCUT2D eigenvalue weighted by Crippen LogP contribution is -2.32. The van der Waals surface area contributed by atoms with Gasteiger partial charge in [-0.1, -0.05) is 13.0 Å². The van der Waals surface area contributed by atoms with Crippen LogP contribution in [0.3, 0.4) is 0 Å². The summed E-state index contributed by atoms with van der Waals surface area (Å²) < 4.78 is 29.4. The SMILES string of the molecule is CCCn1nccc1C(NN)c1c(F)cccc1F. The Morgan fingerprint density at radius 2 is 2.00 bits per heavy atom. The Morgan fingerprint density at radius 3 is 2.58 bits per heavy atom. The molecule has 1 aromatic heterocycles. The molecule has 0 saturated carbocycles. The number of hydrazine groups is 1. The second kappa shape index (κ2) is 5.90. The van der Waals surface area contributed by atoms with E-state index in [1.54, 1.807) is 16.9 Å². The molecule has 4 nitrogen and oxygen atoms in total. The predicted molar refractivity (Wildman–Crippen MR) is 68.0 cm³/mol. The third-order valence-corrected chi connectivity index (χ3v) is 2.94. The third kappa shape index (κ3) is 2.64. The summed E-state index contributed by atoms with van der Waals surface area (Å²) in [4.78, 5) is 0. The molecule has 0 aliphatic heterocycles. The number of hydrogen-bond donors (Lipinski definition) is 2. The largest absolute Gasteiger partial charge is 0.271 e. The third-order valence-electron chi connectivity index (χ3n) is 2.94. The lowest BCUT2D eigenvalue weighted by molar-refractivity contribution is 0.476. The highest BCUT2D eigenvalue weighted by molar-refractivity contribution is 5.30. The Bertz CT molecular complexity index is 533. The molecule has 0 fully saturated rings. The zero-order valence-electron chi connectivity index (χ0n) is 10.6. The van der Waals surface area contributed by atoms with E-state index in [4.69, 9.17) is 5.84 Å². The average Bonchev–Trinajstić information content (AvgIpc) is 2.83. The molecule has 3 N–H and O–H groups in total. The summed E-state index contributed by atoms with van der Waals surface area (Å²) in [6.45, 7) is 2.66. The number of nitrogens with one attached hydrogen (secondary N) is 1. The van der Waals surface area contributed by atoms with Crippen molar-refractivity contribution in [1.82, 2.24) is 15.2 Å². The van der Waals surface area contributed by atoms with Crippen LogP contribution in [-0.2, 0) is 6.54 Å². The van der Waals surface area contributed by atoms with E-state index in [0.717, 1.165) is 6.42 Å². The molecular formula is C13H16F2N4. The van der Waals surface area contributed by atoms with Crippen LogP contribution < -0.4 is 11.3 Å². The summed E-state index contributed by atoms with van der Waals surface area (Å²) in [7, 11) is 0. The summed E-state index contributed by atoms with van der Waals surface area (Å²) in [6, 6.07) is 4.68. The lowest BCUT2D eigenvalue weighted by Gasteiger charge is -2.19. The average molecular weight is 266 g/mol. The van der Waals surface area contributed by atoms with Gasteiger partial charge in [0.05, 0.1) is 11.7 Å². The minimum Gasteiger partial charge on any atom is -0.271 e. The van der Waals surface area contributed by atoms with E-state index in [1.165, 1.54) is 18.2 Å². The maximum Gasteiger partial charge on any atom is 0.131 e. The molecule has 0 saturated heterocycles. The number of nitrogens with two attached hydrogens (primary N) is 1. The summed E-state index contributed by atoms with van der Waals surface area (Å²) in [5.41, 5.74) is 3.00. The van der Waals surface area contributed by atoms with Gasteiger partial charge in [0.1, 0.15) is 11.6 Å².